The summed E-state index contributed by atoms with van der Waals surface area (Å²) in [5, 5.41) is 3.49. The van der Waals surface area contributed by atoms with E-state index < -0.39 is 40.2 Å². The van der Waals surface area contributed by atoms with Gasteiger partial charge in [-0.05, 0) is 72.6 Å². The molecule has 248 valence electrons. The van der Waals surface area contributed by atoms with E-state index in [2.05, 4.69) is 5.32 Å². The predicted molar refractivity (Wildman–Crippen MR) is 183 cm³/mol. The summed E-state index contributed by atoms with van der Waals surface area (Å²) in [6.45, 7) is 1.49. The van der Waals surface area contributed by atoms with Crippen molar-refractivity contribution in [3.8, 4) is 5.75 Å². The molecule has 1 atom stereocenters. The number of halogens is 3. The van der Waals surface area contributed by atoms with Gasteiger partial charge < -0.3 is 15.0 Å². The van der Waals surface area contributed by atoms with Gasteiger partial charge in [0.25, 0.3) is 10.0 Å². The summed E-state index contributed by atoms with van der Waals surface area (Å²) in [4.78, 5) is 29.6. The number of carbonyl (C=O) groups excluding carboxylic acids is 2. The Morgan fingerprint density at radius 3 is 2.13 bits per heavy atom. The Bertz CT molecular complexity index is 1740. The summed E-state index contributed by atoms with van der Waals surface area (Å²) in [6.07, 6.45) is 1.71. The Hall–Kier alpha value is -4.12. The molecule has 1 N–H and O–H groups in total. The van der Waals surface area contributed by atoms with E-state index in [0.29, 0.717) is 17.9 Å². The molecule has 0 saturated heterocycles. The Kier molecular flexibility index (Phi) is 12.6. The van der Waals surface area contributed by atoms with Crippen LogP contribution in [0.15, 0.2) is 102 Å². The molecular formula is C35H36Cl2FN3O5S. The molecule has 4 aromatic rings. The normalized spacial score (nSPS) is 11.9. The van der Waals surface area contributed by atoms with Gasteiger partial charge in [0.1, 0.15) is 24.2 Å². The van der Waals surface area contributed by atoms with Gasteiger partial charge in [-0.25, -0.2) is 12.8 Å². The van der Waals surface area contributed by atoms with Crippen molar-refractivity contribution in [2.24, 2.45) is 0 Å². The molecule has 4 rings (SSSR count). The van der Waals surface area contributed by atoms with Crippen LogP contribution in [-0.4, -0.2) is 51.4 Å². The summed E-state index contributed by atoms with van der Waals surface area (Å²) in [5.74, 6) is -1.25. The highest BCUT2D eigenvalue weighted by atomic mass is 35.5. The van der Waals surface area contributed by atoms with Crippen molar-refractivity contribution >= 4 is 50.7 Å². The number of nitrogens with zero attached hydrogens (tertiary/aromatic N) is 2. The Labute approximate surface area is 285 Å². The maximum absolute atomic E-state index is 14.5. The van der Waals surface area contributed by atoms with Crippen molar-refractivity contribution in [1.82, 2.24) is 10.2 Å². The van der Waals surface area contributed by atoms with Gasteiger partial charge in [0.15, 0.2) is 0 Å². The molecule has 1 unspecified atom stereocenters. The fourth-order valence-electron chi connectivity index (χ4n) is 4.92. The van der Waals surface area contributed by atoms with Crippen LogP contribution in [-0.2, 0) is 32.6 Å². The standard InChI is InChI=1S/C35H36Cl2FN3O5S/c1-3-4-21-39-35(43)33(22-25-9-6-5-7-10-25)40(23-30-31(36)11-8-12-32(30)37)34(42)24-41(27-15-13-26(38)14-16-27)47(44,45)29-19-17-28(46-2)18-20-29/h5-20,33H,3-4,21-24H2,1-2H3,(H,39,43). The largest absolute Gasteiger partial charge is 0.497 e. The monoisotopic (exact) mass is 699 g/mol. The molecule has 0 aliphatic carbocycles. The number of nitrogens with one attached hydrogen (secondary N) is 1. The van der Waals surface area contributed by atoms with Crippen molar-refractivity contribution < 1.29 is 27.1 Å². The Morgan fingerprint density at radius 1 is 0.894 bits per heavy atom. The maximum Gasteiger partial charge on any atom is 0.264 e. The third-order valence-corrected chi connectivity index (χ3v) is 10.0. The van der Waals surface area contributed by atoms with Gasteiger partial charge in [0, 0.05) is 35.1 Å². The van der Waals surface area contributed by atoms with Gasteiger partial charge in [0.05, 0.1) is 17.7 Å². The van der Waals surface area contributed by atoms with Crippen LogP contribution in [0, 0.1) is 5.82 Å². The minimum atomic E-state index is -4.38. The number of methoxy groups -OCH3 is 1. The summed E-state index contributed by atoms with van der Waals surface area (Å²) < 4.78 is 48.3. The molecule has 0 fully saturated rings. The molecule has 2 amide bonds. The van der Waals surface area contributed by atoms with Crippen LogP contribution >= 0.6 is 23.2 Å². The fourth-order valence-corrected chi connectivity index (χ4v) is 6.86. The minimum absolute atomic E-state index is 0.0540. The first-order chi connectivity index (χ1) is 22.5. The quantitative estimate of drug-likeness (QED) is 0.136. The number of sulfonamides is 1. The van der Waals surface area contributed by atoms with Crippen LogP contribution in [0.4, 0.5) is 10.1 Å². The average Bonchev–Trinajstić information content (AvgIpc) is 3.07. The first-order valence-corrected chi connectivity index (χ1v) is 17.2. The molecule has 4 aromatic carbocycles. The third-order valence-electron chi connectivity index (χ3n) is 7.53. The zero-order valence-corrected chi connectivity index (χ0v) is 28.4. The first kappa shape index (κ1) is 35.7. The first-order valence-electron chi connectivity index (χ1n) is 15.0. The molecule has 8 nitrogen and oxygen atoms in total. The minimum Gasteiger partial charge on any atom is -0.497 e. The number of hydrogen-bond acceptors (Lipinski definition) is 5. The number of ether oxygens (including phenoxy) is 1. The van der Waals surface area contributed by atoms with Crippen LogP contribution in [0.1, 0.15) is 30.9 Å². The van der Waals surface area contributed by atoms with Crippen molar-refractivity contribution in [1.29, 1.82) is 0 Å². The lowest BCUT2D eigenvalue weighted by Crippen LogP contribution is -2.53. The highest BCUT2D eigenvalue weighted by molar-refractivity contribution is 7.92. The number of hydrogen-bond donors (Lipinski definition) is 1. The van der Waals surface area contributed by atoms with Crippen molar-refractivity contribution in [2.75, 3.05) is 24.5 Å². The SMILES string of the molecule is CCCCNC(=O)C(Cc1ccccc1)N(Cc1c(Cl)cccc1Cl)C(=O)CN(c1ccc(F)cc1)S(=O)(=O)c1ccc(OC)cc1. The number of unbranched alkanes of at least 4 members (excludes halogenated alkanes) is 1. The van der Waals surface area contributed by atoms with E-state index >= 15 is 0 Å². The molecule has 0 radical (unpaired) electrons. The predicted octanol–water partition coefficient (Wildman–Crippen LogP) is 6.89. The van der Waals surface area contributed by atoms with E-state index in [1.165, 1.54) is 48.4 Å². The van der Waals surface area contributed by atoms with Crippen LogP contribution < -0.4 is 14.4 Å². The van der Waals surface area contributed by atoms with Gasteiger partial charge in [-0.3, -0.25) is 13.9 Å². The Balaban J connectivity index is 1.82. The number of anilines is 1. The van der Waals surface area contributed by atoms with Crippen LogP contribution in [0.3, 0.4) is 0 Å². The van der Waals surface area contributed by atoms with Gasteiger partial charge in [-0.15, -0.1) is 0 Å². The molecule has 0 aliphatic rings. The van der Waals surface area contributed by atoms with Gasteiger partial charge in [-0.2, -0.15) is 0 Å². The van der Waals surface area contributed by atoms with E-state index in [1.807, 2.05) is 37.3 Å². The van der Waals surface area contributed by atoms with E-state index in [1.54, 1.807) is 18.2 Å². The van der Waals surface area contributed by atoms with Crippen molar-refractivity contribution in [3.63, 3.8) is 0 Å². The number of carbonyl (C=O) groups is 2. The molecule has 12 heteroatoms. The molecule has 0 saturated carbocycles. The summed E-state index contributed by atoms with van der Waals surface area (Å²) in [6, 6.07) is 23.5. The lowest BCUT2D eigenvalue weighted by Gasteiger charge is -2.34. The lowest BCUT2D eigenvalue weighted by atomic mass is 10.0. The smallest absolute Gasteiger partial charge is 0.264 e. The van der Waals surface area contributed by atoms with Crippen molar-refractivity contribution in [2.45, 2.75) is 43.7 Å². The van der Waals surface area contributed by atoms with E-state index in [9.17, 15) is 22.4 Å². The second-order valence-electron chi connectivity index (χ2n) is 10.7. The zero-order chi connectivity index (χ0) is 34.0. The molecule has 0 spiro atoms. The number of benzene rings is 4. The lowest BCUT2D eigenvalue weighted by molar-refractivity contribution is -0.140. The summed E-state index contributed by atoms with van der Waals surface area (Å²) in [7, 11) is -2.92. The highest BCUT2D eigenvalue weighted by Crippen LogP contribution is 2.29. The fraction of sp³-hybridized carbons (Fsp3) is 0.257. The van der Waals surface area contributed by atoms with Crippen molar-refractivity contribution in [3.05, 3.63) is 124 Å². The zero-order valence-electron chi connectivity index (χ0n) is 26.0. The molecule has 0 bridgehead atoms. The second-order valence-corrected chi connectivity index (χ2v) is 13.4. The van der Waals surface area contributed by atoms with E-state index in [0.717, 1.165) is 34.8 Å². The highest BCUT2D eigenvalue weighted by Gasteiger charge is 2.35. The topological polar surface area (TPSA) is 96.0 Å². The maximum atomic E-state index is 14.5. The van der Waals surface area contributed by atoms with Gasteiger partial charge in [-0.1, -0.05) is 72.9 Å². The summed E-state index contributed by atoms with van der Waals surface area (Å²) >= 11 is 13.1. The number of rotatable bonds is 15. The van der Waals surface area contributed by atoms with Gasteiger partial charge in [0.2, 0.25) is 11.8 Å². The van der Waals surface area contributed by atoms with E-state index in [4.69, 9.17) is 27.9 Å². The second kappa shape index (κ2) is 16.6. The van der Waals surface area contributed by atoms with Gasteiger partial charge >= 0.3 is 0 Å². The molecule has 0 aromatic heterocycles. The molecular weight excluding hydrogens is 664 g/mol. The molecule has 0 aliphatic heterocycles. The number of amides is 2. The van der Waals surface area contributed by atoms with Crippen LogP contribution in [0.5, 0.6) is 5.75 Å². The Morgan fingerprint density at radius 2 is 1.53 bits per heavy atom. The third kappa shape index (κ3) is 9.24. The van der Waals surface area contributed by atoms with Crippen LogP contribution in [0.25, 0.3) is 0 Å². The van der Waals surface area contributed by atoms with Crippen LogP contribution in [0.2, 0.25) is 10.0 Å². The average molecular weight is 701 g/mol. The summed E-state index contributed by atoms with van der Waals surface area (Å²) in [5.41, 5.74) is 1.24. The molecule has 0 heterocycles. The molecule has 47 heavy (non-hydrogen) atoms. The van der Waals surface area contributed by atoms with E-state index in [-0.39, 0.29) is 33.6 Å².